The Morgan fingerprint density at radius 1 is 1.53 bits per heavy atom. The summed E-state index contributed by atoms with van der Waals surface area (Å²) in [5.41, 5.74) is 6.09. The van der Waals surface area contributed by atoms with Crippen molar-refractivity contribution in [2.24, 2.45) is 0 Å². The molecule has 1 aromatic carbocycles. The molecular formula is C11H10ClNO4. The summed E-state index contributed by atoms with van der Waals surface area (Å²) in [5, 5.41) is 0.232. The number of nitrogens with two attached hydrogens (primary N) is 1. The first-order chi connectivity index (χ1) is 8.08. The van der Waals surface area contributed by atoms with Crippen LogP contribution in [0.5, 0.6) is 0 Å². The third kappa shape index (κ3) is 2.50. The first-order valence-electron chi connectivity index (χ1n) is 5.00. The number of halogens is 1. The highest BCUT2D eigenvalue weighted by atomic mass is 35.5. The largest absolute Gasteiger partial charge is 0.463 e. The minimum absolute atomic E-state index is 0.145. The number of ether oxygens (including phenoxy) is 2. The van der Waals surface area contributed by atoms with Crippen molar-refractivity contribution >= 4 is 29.2 Å². The fourth-order valence-electron chi connectivity index (χ4n) is 1.48. The minimum atomic E-state index is -0.847. The lowest BCUT2D eigenvalue weighted by molar-refractivity contribution is -0.145. The first-order valence-corrected chi connectivity index (χ1v) is 5.38. The van der Waals surface area contributed by atoms with Crippen LogP contribution in [-0.4, -0.2) is 24.6 Å². The molecule has 1 saturated heterocycles. The van der Waals surface area contributed by atoms with Gasteiger partial charge in [-0.15, -0.1) is 0 Å². The molecule has 5 nitrogen and oxygen atoms in total. The summed E-state index contributed by atoms with van der Waals surface area (Å²) in [7, 11) is 0. The van der Waals surface area contributed by atoms with Crippen LogP contribution in [0.3, 0.4) is 0 Å². The van der Waals surface area contributed by atoms with E-state index < -0.39 is 18.0 Å². The van der Waals surface area contributed by atoms with E-state index in [-0.39, 0.29) is 17.2 Å². The number of hydrogen-bond donors (Lipinski definition) is 1. The lowest BCUT2D eigenvalue weighted by Gasteiger charge is -2.09. The summed E-state index contributed by atoms with van der Waals surface area (Å²) in [6, 6.07) is 4.48. The van der Waals surface area contributed by atoms with Crippen LogP contribution >= 0.6 is 11.6 Å². The van der Waals surface area contributed by atoms with E-state index >= 15 is 0 Å². The summed E-state index contributed by atoms with van der Waals surface area (Å²) in [6.07, 6.45) is -0.482. The van der Waals surface area contributed by atoms with Gasteiger partial charge in [0.1, 0.15) is 0 Å². The quantitative estimate of drug-likeness (QED) is 0.638. The van der Waals surface area contributed by atoms with Crippen LogP contribution in [0.15, 0.2) is 18.2 Å². The van der Waals surface area contributed by atoms with Crippen molar-refractivity contribution in [2.45, 2.75) is 12.5 Å². The molecule has 2 rings (SSSR count). The molecule has 1 fully saturated rings. The van der Waals surface area contributed by atoms with Crippen molar-refractivity contribution in [1.29, 1.82) is 0 Å². The van der Waals surface area contributed by atoms with E-state index in [1.165, 1.54) is 12.1 Å². The van der Waals surface area contributed by atoms with Crippen molar-refractivity contribution in [3.05, 3.63) is 28.8 Å². The molecule has 1 heterocycles. The van der Waals surface area contributed by atoms with Gasteiger partial charge in [-0.3, -0.25) is 0 Å². The van der Waals surface area contributed by atoms with Crippen molar-refractivity contribution in [1.82, 2.24) is 0 Å². The third-order valence-corrected chi connectivity index (χ3v) is 2.68. The first kappa shape index (κ1) is 11.7. The predicted octanol–water partition coefficient (Wildman–Crippen LogP) is 1.39. The number of rotatable bonds is 2. The highest BCUT2D eigenvalue weighted by Gasteiger charge is 2.31. The van der Waals surface area contributed by atoms with E-state index in [1.807, 2.05) is 0 Å². The van der Waals surface area contributed by atoms with Gasteiger partial charge < -0.3 is 15.2 Å². The number of benzene rings is 1. The van der Waals surface area contributed by atoms with E-state index in [0.717, 1.165) is 0 Å². The highest BCUT2D eigenvalue weighted by molar-refractivity contribution is 6.33. The van der Waals surface area contributed by atoms with Crippen molar-refractivity contribution < 1.29 is 19.1 Å². The molecule has 1 aliphatic rings. The van der Waals surface area contributed by atoms with E-state index in [2.05, 4.69) is 4.74 Å². The normalized spacial score (nSPS) is 18.9. The molecule has 0 amide bonds. The second-order valence-corrected chi connectivity index (χ2v) is 4.00. The number of cyclic esters (lactones) is 1. The Bertz CT molecular complexity index is 475. The average Bonchev–Trinajstić information content (AvgIpc) is 2.68. The Morgan fingerprint density at radius 2 is 2.29 bits per heavy atom. The lowest BCUT2D eigenvalue weighted by Crippen LogP contribution is -2.22. The molecule has 0 radical (unpaired) electrons. The van der Waals surface area contributed by atoms with Gasteiger partial charge in [-0.2, -0.15) is 0 Å². The molecule has 2 N–H and O–H groups in total. The maximum absolute atomic E-state index is 11.7. The number of anilines is 1. The van der Waals surface area contributed by atoms with Gasteiger partial charge in [0.15, 0.2) is 0 Å². The number of carbonyl (C=O) groups excluding carboxylic acids is 2. The highest BCUT2D eigenvalue weighted by Crippen LogP contribution is 2.21. The number of carbonyl (C=O) groups is 2. The zero-order valence-electron chi connectivity index (χ0n) is 8.81. The molecule has 0 saturated carbocycles. The minimum Gasteiger partial charge on any atom is -0.463 e. The summed E-state index contributed by atoms with van der Waals surface area (Å²) in [5.74, 6) is -1.20. The lowest BCUT2D eigenvalue weighted by atomic mass is 10.2. The molecule has 0 bridgehead atoms. The van der Waals surface area contributed by atoms with Crippen LogP contribution in [0, 0.1) is 0 Å². The number of nitrogen functional groups attached to an aromatic ring is 1. The van der Waals surface area contributed by atoms with E-state index in [9.17, 15) is 9.59 Å². The van der Waals surface area contributed by atoms with Crippen LogP contribution in [0.4, 0.5) is 5.69 Å². The van der Waals surface area contributed by atoms with Crippen LogP contribution < -0.4 is 5.73 Å². The van der Waals surface area contributed by atoms with Gasteiger partial charge in [0, 0.05) is 12.1 Å². The number of hydrogen-bond acceptors (Lipinski definition) is 5. The molecular weight excluding hydrogens is 246 g/mol. The van der Waals surface area contributed by atoms with E-state index in [1.54, 1.807) is 6.07 Å². The van der Waals surface area contributed by atoms with Crippen molar-refractivity contribution in [2.75, 3.05) is 12.3 Å². The Balaban J connectivity index is 2.14. The Morgan fingerprint density at radius 3 is 2.94 bits per heavy atom. The molecule has 1 unspecified atom stereocenters. The Hall–Kier alpha value is -1.75. The molecule has 0 aliphatic carbocycles. The molecule has 1 aromatic rings. The topological polar surface area (TPSA) is 78.6 Å². The van der Waals surface area contributed by atoms with Gasteiger partial charge >= 0.3 is 11.9 Å². The van der Waals surface area contributed by atoms with Gasteiger partial charge in [-0.25, -0.2) is 9.59 Å². The molecule has 0 aromatic heterocycles. The zero-order valence-corrected chi connectivity index (χ0v) is 9.57. The average molecular weight is 256 g/mol. The summed E-state index contributed by atoms with van der Waals surface area (Å²) >= 11 is 5.84. The fourth-order valence-corrected chi connectivity index (χ4v) is 1.67. The second-order valence-electron chi connectivity index (χ2n) is 3.59. The van der Waals surface area contributed by atoms with Gasteiger partial charge in [-0.05, 0) is 18.2 Å². The monoisotopic (exact) mass is 255 g/mol. The van der Waals surface area contributed by atoms with Gasteiger partial charge in [-0.1, -0.05) is 11.6 Å². The molecule has 0 spiro atoms. The molecule has 1 aliphatic heterocycles. The van der Waals surface area contributed by atoms with Gasteiger partial charge in [0.25, 0.3) is 0 Å². The van der Waals surface area contributed by atoms with Crippen LogP contribution in [0.2, 0.25) is 5.02 Å². The smallest absolute Gasteiger partial charge is 0.347 e. The van der Waals surface area contributed by atoms with Crippen molar-refractivity contribution in [3.8, 4) is 0 Å². The standard InChI is InChI=1S/C11H10ClNO4/c12-8-2-1-6(13)5-7(8)10(14)17-9-3-4-16-11(9)15/h1-2,5,9H,3-4,13H2. The third-order valence-electron chi connectivity index (χ3n) is 2.35. The molecule has 90 valence electrons. The summed E-state index contributed by atoms with van der Waals surface area (Å²) < 4.78 is 9.67. The predicted molar refractivity (Wildman–Crippen MR) is 60.6 cm³/mol. The Labute approximate surface area is 102 Å². The second kappa shape index (κ2) is 4.63. The summed E-state index contributed by atoms with van der Waals surface area (Å²) in [6.45, 7) is 0.265. The van der Waals surface area contributed by atoms with Crippen LogP contribution in [0.1, 0.15) is 16.8 Å². The summed E-state index contributed by atoms with van der Waals surface area (Å²) in [4.78, 5) is 22.9. The van der Waals surface area contributed by atoms with Crippen LogP contribution in [-0.2, 0) is 14.3 Å². The molecule has 17 heavy (non-hydrogen) atoms. The van der Waals surface area contributed by atoms with Crippen LogP contribution in [0.25, 0.3) is 0 Å². The Kier molecular flexibility index (Phi) is 3.19. The SMILES string of the molecule is Nc1ccc(Cl)c(C(=O)OC2CCOC2=O)c1. The molecule has 6 heteroatoms. The van der Waals surface area contributed by atoms with Gasteiger partial charge in [0.2, 0.25) is 6.10 Å². The maximum Gasteiger partial charge on any atom is 0.347 e. The molecule has 1 atom stereocenters. The van der Waals surface area contributed by atoms with E-state index in [4.69, 9.17) is 22.1 Å². The van der Waals surface area contributed by atoms with E-state index in [0.29, 0.717) is 12.1 Å². The number of esters is 2. The fraction of sp³-hybridized carbons (Fsp3) is 0.273. The zero-order chi connectivity index (χ0) is 12.4. The maximum atomic E-state index is 11.7. The van der Waals surface area contributed by atoms with Crippen molar-refractivity contribution in [3.63, 3.8) is 0 Å². The van der Waals surface area contributed by atoms with Gasteiger partial charge in [0.05, 0.1) is 17.2 Å².